The van der Waals surface area contributed by atoms with Gasteiger partial charge in [0.05, 0.1) is 30.5 Å². The maximum absolute atomic E-state index is 13.3. The van der Waals surface area contributed by atoms with Crippen LogP contribution < -0.4 is 10.6 Å². The molecule has 0 saturated heterocycles. The second kappa shape index (κ2) is 10.3. The van der Waals surface area contributed by atoms with Gasteiger partial charge in [-0.3, -0.25) is 14.4 Å². The van der Waals surface area contributed by atoms with Gasteiger partial charge >= 0.3 is 0 Å². The van der Waals surface area contributed by atoms with Gasteiger partial charge in [0.15, 0.2) is 6.04 Å². The highest BCUT2D eigenvalue weighted by atomic mass is 32.1. The first-order chi connectivity index (χ1) is 15.6. The molecule has 1 fully saturated rings. The van der Waals surface area contributed by atoms with E-state index in [-0.39, 0.29) is 30.9 Å². The normalized spacial score (nSPS) is 14.8. The number of amides is 3. The van der Waals surface area contributed by atoms with Crippen molar-refractivity contribution in [3.63, 3.8) is 0 Å². The van der Waals surface area contributed by atoms with Crippen molar-refractivity contribution >= 4 is 29.1 Å². The fourth-order valence-electron chi connectivity index (χ4n) is 3.87. The van der Waals surface area contributed by atoms with Crippen LogP contribution in [0.1, 0.15) is 52.9 Å². The highest BCUT2D eigenvalue weighted by molar-refractivity contribution is 7.12. The predicted molar refractivity (Wildman–Crippen MR) is 118 cm³/mol. The smallest absolute Gasteiger partial charge is 0.261 e. The second-order valence-corrected chi connectivity index (χ2v) is 8.62. The first-order valence-corrected chi connectivity index (χ1v) is 11.5. The van der Waals surface area contributed by atoms with E-state index >= 15 is 0 Å². The van der Waals surface area contributed by atoms with Crippen molar-refractivity contribution in [2.24, 2.45) is 0 Å². The maximum atomic E-state index is 13.3. The van der Waals surface area contributed by atoms with E-state index in [2.05, 4.69) is 10.6 Å². The molecule has 1 aliphatic rings. The first-order valence-electron chi connectivity index (χ1n) is 10.6. The zero-order chi connectivity index (χ0) is 22.3. The first kappa shape index (κ1) is 21.9. The third-order valence-corrected chi connectivity index (χ3v) is 6.31. The average Bonchev–Trinajstić information content (AvgIpc) is 3.59. The Bertz CT molecular complexity index is 1010. The number of furan rings is 2. The van der Waals surface area contributed by atoms with Crippen LogP contribution in [0, 0.1) is 0 Å². The molecule has 8 nitrogen and oxygen atoms in total. The number of thiophene rings is 1. The lowest BCUT2D eigenvalue weighted by Gasteiger charge is -2.30. The Hall–Kier alpha value is -3.33. The summed E-state index contributed by atoms with van der Waals surface area (Å²) in [6.07, 6.45) is 6.95. The van der Waals surface area contributed by atoms with Gasteiger partial charge < -0.3 is 24.4 Å². The molecule has 168 valence electrons. The highest BCUT2D eigenvalue weighted by Gasteiger charge is 2.35. The summed E-state index contributed by atoms with van der Waals surface area (Å²) in [6.45, 7) is -0.199. The lowest BCUT2D eigenvalue weighted by molar-refractivity contribution is -0.142. The molecule has 0 radical (unpaired) electrons. The fourth-order valence-corrected chi connectivity index (χ4v) is 4.51. The van der Waals surface area contributed by atoms with Crippen LogP contribution in [0.3, 0.4) is 0 Å². The molecular weight excluding hydrogens is 430 g/mol. The molecule has 3 aromatic rings. The second-order valence-electron chi connectivity index (χ2n) is 7.67. The molecule has 2 N–H and O–H groups in total. The number of nitrogens with one attached hydrogen (secondary N) is 2. The monoisotopic (exact) mass is 455 g/mol. The third kappa shape index (κ3) is 5.28. The topological polar surface area (TPSA) is 105 Å². The number of hydrogen-bond donors (Lipinski definition) is 2. The largest absolute Gasteiger partial charge is 0.467 e. The van der Waals surface area contributed by atoms with Crippen LogP contribution in [0.5, 0.6) is 0 Å². The van der Waals surface area contributed by atoms with Crippen LogP contribution in [0.2, 0.25) is 0 Å². The van der Waals surface area contributed by atoms with E-state index in [1.807, 2.05) is 0 Å². The van der Waals surface area contributed by atoms with E-state index in [9.17, 15) is 14.4 Å². The van der Waals surface area contributed by atoms with E-state index in [4.69, 9.17) is 8.83 Å². The van der Waals surface area contributed by atoms with E-state index in [0.717, 1.165) is 25.7 Å². The summed E-state index contributed by atoms with van der Waals surface area (Å²) in [7, 11) is 0. The summed E-state index contributed by atoms with van der Waals surface area (Å²) < 4.78 is 11.0. The number of hydrogen-bond acceptors (Lipinski definition) is 6. The Morgan fingerprint density at radius 3 is 2.50 bits per heavy atom. The Labute approximate surface area is 189 Å². The van der Waals surface area contributed by atoms with E-state index < -0.39 is 11.9 Å². The van der Waals surface area contributed by atoms with Crippen molar-refractivity contribution in [2.75, 3.05) is 6.54 Å². The van der Waals surface area contributed by atoms with Gasteiger partial charge in [-0.2, -0.15) is 0 Å². The summed E-state index contributed by atoms with van der Waals surface area (Å²) in [4.78, 5) is 40.8. The molecule has 3 heterocycles. The highest BCUT2D eigenvalue weighted by Crippen LogP contribution is 2.26. The van der Waals surface area contributed by atoms with E-state index in [1.165, 1.54) is 28.8 Å². The number of carbonyl (C=O) groups is 3. The molecular formula is C23H25N3O5S. The Morgan fingerprint density at radius 1 is 1.06 bits per heavy atom. The van der Waals surface area contributed by atoms with Gasteiger partial charge in [0.1, 0.15) is 11.5 Å². The van der Waals surface area contributed by atoms with Gasteiger partial charge in [0, 0.05) is 6.04 Å². The van der Waals surface area contributed by atoms with Crippen LogP contribution in [0.15, 0.2) is 63.1 Å². The molecule has 0 aromatic carbocycles. The Balaban J connectivity index is 1.55. The minimum absolute atomic E-state index is 0.0597. The molecule has 1 saturated carbocycles. The quantitative estimate of drug-likeness (QED) is 0.514. The fraction of sp³-hybridized carbons (Fsp3) is 0.348. The predicted octanol–water partition coefficient (Wildman–Crippen LogP) is 3.49. The lowest BCUT2D eigenvalue weighted by Crippen LogP contribution is -2.48. The molecule has 1 aliphatic carbocycles. The average molecular weight is 456 g/mol. The van der Waals surface area contributed by atoms with Crippen LogP contribution in [0.4, 0.5) is 0 Å². The summed E-state index contributed by atoms with van der Waals surface area (Å²) in [5, 5.41) is 7.50. The third-order valence-electron chi connectivity index (χ3n) is 5.45. The molecule has 0 bridgehead atoms. The van der Waals surface area contributed by atoms with Crippen LogP contribution in [0.25, 0.3) is 0 Å². The van der Waals surface area contributed by atoms with Gasteiger partial charge in [0.25, 0.3) is 11.8 Å². The molecule has 0 unspecified atom stereocenters. The van der Waals surface area contributed by atoms with Gasteiger partial charge in [0.2, 0.25) is 5.91 Å². The zero-order valence-corrected chi connectivity index (χ0v) is 18.3. The lowest BCUT2D eigenvalue weighted by atomic mass is 10.1. The molecule has 9 heteroatoms. The van der Waals surface area contributed by atoms with Crippen LogP contribution in [-0.4, -0.2) is 35.2 Å². The van der Waals surface area contributed by atoms with E-state index in [0.29, 0.717) is 16.4 Å². The molecule has 32 heavy (non-hydrogen) atoms. The van der Waals surface area contributed by atoms with Gasteiger partial charge in [-0.15, -0.1) is 11.3 Å². The summed E-state index contributed by atoms with van der Waals surface area (Å²) in [5.74, 6) is -0.194. The van der Waals surface area contributed by atoms with E-state index in [1.54, 1.807) is 41.8 Å². The number of rotatable bonds is 9. The van der Waals surface area contributed by atoms with Crippen molar-refractivity contribution in [2.45, 2.75) is 44.3 Å². The number of carbonyl (C=O) groups excluding carboxylic acids is 3. The minimum atomic E-state index is -0.984. The van der Waals surface area contributed by atoms with Crippen molar-refractivity contribution in [3.8, 4) is 0 Å². The summed E-state index contributed by atoms with van der Waals surface area (Å²) in [6, 6.07) is 9.36. The standard InChI is InChI=1S/C23H25N3O5S/c27-20(14-24-22(28)19-10-5-13-32-19)26(15-17-8-3-11-30-17)21(18-9-4-12-31-18)23(29)25-16-6-1-2-7-16/h3-5,8-13,16,21H,1-2,6-7,14-15H2,(H,24,28)(H,25,29)/t21-/m0/s1. The molecule has 4 rings (SSSR count). The van der Waals surface area contributed by atoms with Crippen molar-refractivity contribution in [1.82, 2.24) is 15.5 Å². The van der Waals surface area contributed by atoms with Gasteiger partial charge in [-0.25, -0.2) is 0 Å². The molecule has 0 spiro atoms. The van der Waals surface area contributed by atoms with Crippen LogP contribution >= 0.6 is 11.3 Å². The molecule has 0 aliphatic heterocycles. The maximum Gasteiger partial charge on any atom is 0.261 e. The summed E-state index contributed by atoms with van der Waals surface area (Å²) in [5.41, 5.74) is 0. The molecule has 3 amide bonds. The molecule has 1 atom stereocenters. The van der Waals surface area contributed by atoms with Gasteiger partial charge in [-0.05, 0) is 48.6 Å². The van der Waals surface area contributed by atoms with Gasteiger partial charge in [-0.1, -0.05) is 18.9 Å². The van der Waals surface area contributed by atoms with Crippen molar-refractivity contribution < 1.29 is 23.2 Å². The SMILES string of the molecule is O=C(NCC(=O)N(Cc1ccco1)[C@H](C(=O)NC1CCCC1)c1ccco1)c1cccs1. The molecule has 3 aromatic heterocycles. The van der Waals surface area contributed by atoms with Crippen molar-refractivity contribution in [1.29, 1.82) is 0 Å². The Kier molecular flexibility index (Phi) is 7.06. The summed E-state index contributed by atoms with van der Waals surface area (Å²) >= 11 is 1.29. The minimum Gasteiger partial charge on any atom is -0.467 e. The Morgan fingerprint density at radius 2 is 1.84 bits per heavy atom. The zero-order valence-electron chi connectivity index (χ0n) is 17.5. The van der Waals surface area contributed by atoms with Crippen molar-refractivity contribution in [3.05, 3.63) is 70.7 Å². The van der Waals surface area contributed by atoms with Crippen LogP contribution in [-0.2, 0) is 16.1 Å². The number of nitrogens with zero attached hydrogens (tertiary/aromatic N) is 1.